The van der Waals surface area contributed by atoms with E-state index in [1.165, 1.54) is 0 Å². The average Bonchev–Trinajstić information content (AvgIpc) is 2.82. The van der Waals surface area contributed by atoms with E-state index in [0.717, 1.165) is 39.1 Å². The molecule has 100 valence electrons. The number of amides is 1. The minimum Gasteiger partial charge on any atom is -0.381 e. The zero-order valence-corrected chi connectivity index (χ0v) is 11.1. The van der Waals surface area contributed by atoms with Crippen molar-refractivity contribution in [2.24, 2.45) is 13.0 Å². The fraction of sp³-hybridized carbons (Fsp3) is 0.692. The van der Waals surface area contributed by atoms with E-state index in [-0.39, 0.29) is 5.91 Å². The van der Waals surface area contributed by atoms with Crippen LogP contribution in [0, 0.1) is 5.92 Å². The van der Waals surface area contributed by atoms with E-state index in [4.69, 9.17) is 4.74 Å². The van der Waals surface area contributed by atoms with Crippen LogP contribution >= 0.6 is 0 Å². The molecule has 0 aliphatic carbocycles. The summed E-state index contributed by atoms with van der Waals surface area (Å²) in [6.45, 7) is 5.25. The summed E-state index contributed by atoms with van der Waals surface area (Å²) in [6, 6.07) is 0. The number of nitrogens with zero attached hydrogens (tertiary/aromatic N) is 3. The molecule has 2 rings (SSSR count). The number of carbonyl (C=O) groups excluding carboxylic acids is 1. The Balaban J connectivity index is 1.86. The highest BCUT2D eigenvalue weighted by Gasteiger charge is 2.24. The maximum atomic E-state index is 12.2. The Morgan fingerprint density at radius 2 is 2.22 bits per heavy atom. The number of aromatic nitrogens is 2. The smallest absolute Gasteiger partial charge is 0.272 e. The first-order valence-electron chi connectivity index (χ1n) is 6.55. The number of ether oxygens (including phenoxy) is 1. The third-order valence-electron chi connectivity index (χ3n) is 3.50. The van der Waals surface area contributed by atoms with Crippen LogP contribution in [0.25, 0.3) is 0 Å². The second-order valence-electron chi connectivity index (χ2n) is 4.78. The Morgan fingerprint density at radius 3 is 2.78 bits per heavy atom. The van der Waals surface area contributed by atoms with Crippen LogP contribution in [0.5, 0.6) is 0 Å². The van der Waals surface area contributed by atoms with E-state index in [1.807, 2.05) is 18.9 Å². The highest BCUT2D eigenvalue weighted by atomic mass is 16.5. The zero-order valence-electron chi connectivity index (χ0n) is 11.1. The van der Waals surface area contributed by atoms with Gasteiger partial charge in [-0.25, -0.2) is 4.98 Å². The number of imidazole rings is 1. The fourth-order valence-corrected chi connectivity index (χ4v) is 2.31. The van der Waals surface area contributed by atoms with Crippen molar-refractivity contribution in [2.75, 3.05) is 26.3 Å². The molecule has 0 N–H and O–H groups in total. The first-order chi connectivity index (χ1) is 8.72. The molecule has 1 aromatic heterocycles. The average molecular weight is 251 g/mol. The molecule has 1 aromatic rings. The Hall–Kier alpha value is -1.36. The van der Waals surface area contributed by atoms with Crippen LogP contribution in [0.1, 0.15) is 30.3 Å². The van der Waals surface area contributed by atoms with Gasteiger partial charge in [0, 0.05) is 33.4 Å². The molecule has 0 unspecified atom stereocenters. The molecular weight excluding hydrogens is 230 g/mol. The molecule has 0 saturated carbocycles. The molecule has 0 spiro atoms. The van der Waals surface area contributed by atoms with Crippen molar-refractivity contribution in [1.82, 2.24) is 14.5 Å². The first-order valence-corrected chi connectivity index (χ1v) is 6.55. The van der Waals surface area contributed by atoms with Gasteiger partial charge in [0.25, 0.3) is 5.91 Å². The van der Waals surface area contributed by atoms with E-state index in [2.05, 4.69) is 4.98 Å². The second-order valence-corrected chi connectivity index (χ2v) is 4.78. The molecule has 1 saturated heterocycles. The standard InChI is InChI=1S/C13H21N3O2/c1-3-18-9-11-4-6-16(7-5-11)13(17)12-8-14-10-15(12)2/h8,10-11H,3-7,9H2,1-2H3. The normalized spacial score (nSPS) is 17.1. The Kier molecular flexibility index (Phi) is 4.36. The molecule has 0 atom stereocenters. The van der Waals surface area contributed by atoms with Crippen molar-refractivity contribution in [3.63, 3.8) is 0 Å². The number of piperidine rings is 1. The Labute approximate surface area is 108 Å². The number of carbonyl (C=O) groups is 1. The van der Waals surface area contributed by atoms with Crippen LogP contribution in [0.15, 0.2) is 12.5 Å². The van der Waals surface area contributed by atoms with E-state index in [0.29, 0.717) is 11.6 Å². The number of rotatable bonds is 4. The van der Waals surface area contributed by atoms with Crippen LogP contribution in [0.2, 0.25) is 0 Å². The maximum absolute atomic E-state index is 12.2. The Morgan fingerprint density at radius 1 is 1.50 bits per heavy atom. The predicted octanol–water partition coefficient (Wildman–Crippen LogP) is 1.31. The minimum absolute atomic E-state index is 0.0878. The van der Waals surface area contributed by atoms with Gasteiger partial charge < -0.3 is 14.2 Å². The molecule has 1 fully saturated rings. The minimum atomic E-state index is 0.0878. The highest BCUT2D eigenvalue weighted by Crippen LogP contribution is 2.19. The third kappa shape index (κ3) is 2.90. The summed E-state index contributed by atoms with van der Waals surface area (Å²) in [5.74, 6) is 0.686. The van der Waals surface area contributed by atoms with E-state index >= 15 is 0 Å². The molecule has 1 amide bonds. The summed E-state index contributed by atoms with van der Waals surface area (Å²) in [7, 11) is 1.85. The van der Waals surface area contributed by atoms with Crippen molar-refractivity contribution in [3.8, 4) is 0 Å². The van der Waals surface area contributed by atoms with Crippen LogP contribution < -0.4 is 0 Å². The molecule has 5 heteroatoms. The van der Waals surface area contributed by atoms with Gasteiger partial charge in [-0.2, -0.15) is 0 Å². The maximum Gasteiger partial charge on any atom is 0.272 e. The third-order valence-corrected chi connectivity index (χ3v) is 3.50. The summed E-state index contributed by atoms with van der Waals surface area (Å²) in [5.41, 5.74) is 0.665. The highest BCUT2D eigenvalue weighted by molar-refractivity contribution is 5.92. The van der Waals surface area contributed by atoms with Crippen LogP contribution in [-0.2, 0) is 11.8 Å². The Bertz CT molecular complexity index is 395. The van der Waals surface area contributed by atoms with Gasteiger partial charge >= 0.3 is 0 Å². The van der Waals surface area contributed by atoms with Crippen LogP contribution in [0.3, 0.4) is 0 Å². The van der Waals surface area contributed by atoms with Gasteiger partial charge in [0.15, 0.2) is 0 Å². The zero-order chi connectivity index (χ0) is 13.0. The van der Waals surface area contributed by atoms with Crippen molar-refractivity contribution in [1.29, 1.82) is 0 Å². The van der Waals surface area contributed by atoms with Crippen LogP contribution in [-0.4, -0.2) is 46.7 Å². The first kappa shape index (κ1) is 13.1. The molecule has 2 heterocycles. The molecule has 0 radical (unpaired) electrons. The van der Waals surface area contributed by atoms with Gasteiger partial charge in [-0.1, -0.05) is 0 Å². The van der Waals surface area contributed by atoms with Gasteiger partial charge in [-0.05, 0) is 25.7 Å². The van der Waals surface area contributed by atoms with Gasteiger partial charge in [0.2, 0.25) is 0 Å². The number of aryl methyl sites for hydroxylation is 1. The summed E-state index contributed by atoms with van der Waals surface area (Å²) in [4.78, 5) is 18.1. The molecule has 18 heavy (non-hydrogen) atoms. The number of hydrogen-bond acceptors (Lipinski definition) is 3. The fourth-order valence-electron chi connectivity index (χ4n) is 2.31. The summed E-state index contributed by atoms with van der Waals surface area (Å²) < 4.78 is 7.21. The van der Waals surface area contributed by atoms with Gasteiger partial charge in [0.1, 0.15) is 5.69 Å². The topological polar surface area (TPSA) is 47.4 Å². The lowest BCUT2D eigenvalue weighted by molar-refractivity contribution is 0.0544. The lowest BCUT2D eigenvalue weighted by Crippen LogP contribution is -2.40. The molecule has 1 aliphatic heterocycles. The molecular formula is C13H21N3O2. The quantitative estimate of drug-likeness (QED) is 0.810. The van der Waals surface area contributed by atoms with Gasteiger partial charge in [-0.3, -0.25) is 4.79 Å². The van der Waals surface area contributed by atoms with Crippen LogP contribution in [0.4, 0.5) is 0 Å². The van der Waals surface area contributed by atoms with Crippen molar-refractivity contribution in [3.05, 3.63) is 18.2 Å². The molecule has 0 bridgehead atoms. The van der Waals surface area contributed by atoms with Gasteiger partial charge in [0.05, 0.1) is 12.5 Å². The lowest BCUT2D eigenvalue weighted by atomic mass is 9.97. The molecule has 5 nitrogen and oxygen atoms in total. The van der Waals surface area contributed by atoms with E-state index in [9.17, 15) is 4.79 Å². The number of likely N-dealkylation sites (tertiary alicyclic amines) is 1. The van der Waals surface area contributed by atoms with Crippen molar-refractivity contribution >= 4 is 5.91 Å². The SMILES string of the molecule is CCOCC1CCN(C(=O)c2cncn2C)CC1. The summed E-state index contributed by atoms with van der Waals surface area (Å²) in [5, 5.41) is 0. The van der Waals surface area contributed by atoms with Gasteiger partial charge in [-0.15, -0.1) is 0 Å². The largest absolute Gasteiger partial charge is 0.381 e. The summed E-state index contributed by atoms with van der Waals surface area (Å²) in [6.07, 6.45) is 5.36. The van der Waals surface area contributed by atoms with E-state index < -0.39 is 0 Å². The van der Waals surface area contributed by atoms with Crippen molar-refractivity contribution in [2.45, 2.75) is 19.8 Å². The van der Waals surface area contributed by atoms with Crippen molar-refractivity contribution < 1.29 is 9.53 Å². The van der Waals surface area contributed by atoms with E-state index in [1.54, 1.807) is 17.1 Å². The number of hydrogen-bond donors (Lipinski definition) is 0. The molecule has 1 aliphatic rings. The molecule has 0 aromatic carbocycles. The predicted molar refractivity (Wildman–Crippen MR) is 68.3 cm³/mol. The monoisotopic (exact) mass is 251 g/mol. The second kappa shape index (κ2) is 6.00. The lowest BCUT2D eigenvalue weighted by Gasteiger charge is -2.31. The summed E-state index contributed by atoms with van der Waals surface area (Å²) >= 11 is 0.